The predicted octanol–water partition coefficient (Wildman–Crippen LogP) is 1.16. The van der Waals surface area contributed by atoms with Crippen molar-refractivity contribution in [3.8, 4) is 0 Å². The van der Waals surface area contributed by atoms with Crippen LogP contribution in [0.1, 0.15) is 19.3 Å². The Kier molecular flexibility index (Phi) is 4.12. The van der Waals surface area contributed by atoms with E-state index in [1.807, 2.05) is 5.32 Å². The average molecular weight is 243 g/mol. The van der Waals surface area contributed by atoms with E-state index in [1.54, 1.807) is 0 Å². The van der Waals surface area contributed by atoms with Gasteiger partial charge in [-0.2, -0.15) is 8.78 Å². The van der Waals surface area contributed by atoms with Crippen molar-refractivity contribution < 1.29 is 27.5 Å². The van der Waals surface area contributed by atoms with Crippen molar-refractivity contribution >= 4 is 5.91 Å². The zero-order chi connectivity index (χ0) is 12.3. The number of hydrogen-bond acceptors (Lipinski definition) is 2. The monoisotopic (exact) mass is 243 g/mol. The number of nitrogens with one attached hydrogen (secondary N) is 1. The summed E-state index contributed by atoms with van der Waals surface area (Å²) in [5.74, 6) is -6.95. The summed E-state index contributed by atoms with van der Waals surface area (Å²) < 4.78 is 48.9. The van der Waals surface area contributed by atoms with Crippen molar-refractivity contribution in [1.82, 2.24) is 5.32 Å². The Morgan fingerprint density at radius 3 is 2.56 bits per heavy atom. The fourth-order valence-electron chi connectivity index (χ4n) is 1.81. The number of carbonyl (C=O) groups is 1. The maximum absolute atomic E-state index is 12.6. The van der Waals surface area contributed by atoms with Gasteiger partial charge in [-0.15, -0.1) is 0 Å². The number of carbonyl (C=O) groups excluding carboxylic acids is 1. The fraction of sp³-hybridized carbons (Fsp3) is 0.889. The van der Waals surface area contributed by atoms with Gasteiger partial charge in [0.05, 0.1) is 0 Å². The van der Waals surface area contributed by atoms with Gasteiger partial charge in [0.15, 0.2) is 0 Å². The Hall–Kier alpha value is -0.850. The fourth-order valence-corrected chi connectivity index (χ4v) is 1.81. The summed E-state index contributed by atoms with van der Waals surface area (Å²) >= 11 is 0. The van der Waals surface area contributed by atoms with E-state index < -0.39 is 24.3 Å². The maximum atomic E-state index is 12.6. The van der Waals surface area contributed by atoms with Gasteiger partial charge >= 0.3 is 12.3 Å². The molecule has 0 aromatic heterocycles. The first-order valence-corrected chi connectivity index (χ1v) is 4.97. The van der Waals surface area contributed by atoms with Crippen molar-refractivity contribution in [1.29, 1.82) is 0 Å². The number of amides is 1. The molecule has 0 heterocycles. The Bertz CT molecular complexity index is 260. The van der Waals surface area contributed by atoms with Crippen LogP contribution >= 0.6 is 0 Å². The van der Waals surface area contributed by atoms with Gasteiger partial charge in [0, 0.05) is 18.6 Å². The highest BCUT2D eigenvalue weighted by Gasteiger charge is 2.50. The van der Waals surface area contributed by atoms with Crippen LogP contribution in [0.15, 0.2) is 0 Å². The molecule has 0 spiro atoms. The van der Waals surface area contributed by atoms with E-state index in [2.05, 4.69) is 0 Å². The third-order valence-corrected chi connectivity index (χ3v) is 2.79. The van der Waals surface area contributed by atoms with Crippen molar-refractivity contribution in [3.63, 3.8) is 0 Å². The standard InChI is InChI=1S/C9H13F4NO2/c10-7(11)9(12,13)8(16)14-6-3-1-2-5(6)4-15/h5-7,15H,1-4H2,(H,14,16). The highest BCUT2D eigenvalue weighted by atomic mass is 19.3. The molecule has 1 amide bonds. The summed E-state index contributed by atoms with van der Waals surface area (Å²) in [7, 11) is 0. The van der Waals surface area contributed by atoms with Gasteiger partial charge in [-0.25, -0.2) is 8.78 Å². The molecule has 7 heteroatoms. The molecular weight excluding hydrogens is 230 g/mol. The molecule has 1 aliphatic carbocycles. The number of rotatable bonds is 4. The minimum atomic E-state index is -4.66. The number of alkyl halides is 4. The van der Waals surface area contributed by atoms with Crippen LogP contribution in [0.25, 0.3) is 0 Å². The van der Waals surface area contributed by atoms with Crippen LogP contribution in [-0.4, -0.2) is 36.0 Å². The molecule has 1 aliphatic rings. The number of hydrogen-bond donors (Lipinski definition) is 2. The lowest BCUT2D eigenvalue weighted by molar-refractivity contribution is -0.170. The molecular formula is C9H13F4NO2. The molecule has 1 rings (SSSR count). The molecule has 0 aromatic carbocycles. The average Bonchev–Trinajstić information content (AvgIpc) is 2.64. The largest absolute Gasteiger partial charge is 0.396 e. The molecule has 1 fully saturated rings. The summed E-state index contributed by atoms with van der Waals surface area (Å²) in [6.45, 7) is -0.245. The van der Waals surface area contributed by atoms with Gasteiger partial charge in [-0.3, -0.25) is 4.79 Å². The topological polar surface area (TPSA) is 49.3 Å². The lowest BCUT2D eigenvalue weighted by Gasteiger charge is -2.22. The normalized spacial score (nSPS) is 26.1. The summed E-state index contributed by atoms with van der Waals surface area (Å²) in [6, 6.07) is -0.637. The number of halogens is 4. The van der Waals surface area contributed by atoms with Gasteiger partial charge in [0.2, 0.25) is 0 Å². The van der Waals surface area contributed by atoms with Gasteiger partial charge in [0.1, 0.15) is 0 Å². The van der Waals surface area contributed by atoms with Gasteiger partial charge in [0.25, 0.3) is 5.91 Å². The first-order valence-electron chi connectivity index (χ1n) is 4.97. The Morgan fingerprint density at radius 2 is 2.06 bits per heavy atom. The maximum Gasteiger partial charge on any atom is 0.383 e. The second kappa shape index (κ2) is 4.99. The Morgan fingerprint density at radius 1 is 1.44 bits per heavy atom. The minimum Gasteiger partial charge on any atom is -0.396 e. The number of aliphatic hydroxyl groups is 1. The Labute approximate surface area is 89.8 Å². The molecule has 0 bridgehead atoms. The molecule has 1 saturated carbocycles. The Balaban J connectivity index is 2.57. The van der Waals surface area contributed by atoms with E-state index in [4.69, 9.17) is 5.11 Å². The summed E-state index contributed by atoms with van der Waals surface area (Å²) in [4.78, 5) is 10.9. The summed E-state index contributed by atoms with van der Waals surface area (Å²) in [6.07, 6.45) is -2.31. The van der Waals surface area contributed by atoms with E-state index in [-0.39, 0.29) is 12.5 Å². The van der Waals surface area contributed by atoms with Crippen molar-refractivity contribution in [2.75, 3.05) is 6.61 Å². The molecule has 2 unspecified atom stereocenters. The molecule has 2 atom stereocenters. The van der Waals surface area contributed by atoms with Crippen LogP contribution in [-0.2, 0) is 4.79 Å². The SMILES string of the molecule is O=C(NC1CCCC1CO)C(F)(F)C(F)F. The van der Waals surface area contributed by atoms with E-state index in [0.29, 0.717) is 19.3 Å². The van der Waals surface area contributed by atoms with E-state index in [1.165, 1.54) is 0 Å². The highest BCUT2D eigenvalue weighted by Crippen LogP contribution is 2.28. The molecule has 94 valence electrons. The molecule has 3 nitrogen and oxygen atoms in total. The van der Waals surface area contributed by atoms with Crippen LogP contribution in [0.5, 0.6) is 0 Å². The molecule has 0 saturated heterocycles. The van der Waals surface area contributed by atoms with Crippen molar-refractivity contribution in [2.24, 2.45) is 5.92 Å². The second-order valence-electron chi connectivity index (χ2n) is 3.88. The van der Waals surface area contributed by atoms with Crippen LogP contribution in [0.4, 0.5) is 17.6 Å². The van der Waals surface area contributed by atoms with E-state index in [9.17, 15) is 22.4 Å². The highest BCUT2D eigenvalue weighted by molar-refractivity contribution is 5.84. The third kappa shape index (κ3) is 2.63. The second-order valence-corrected chi connectivity index (χ2v) is 3.88. The van der Waals surface area contributed by atoms with Crippen LogP contribution in [0, 0.1) is 5.92 Å². The zero-order valence-corrected chi connectivity index (χ0v) is 8.43. The molecule has 0 aliphatic heterocycles. The first-order chi connectivity index (χ1) is 7.39. The van der Waals surface area contributed by atoms with E-state index >= 15 is 0 Å². The van der Waals surface area contributed by atoms with Crippen LogP contribution < -0.4 is 5.32 Å². The molecule has 2 N–H and O–H groups in total. The van der Waals surface area contributed by atoms with Crippen LogP contribution in [0.2, 0.25) is 0 Å². The zero-order valence-electron chi connectivity index (χ0n) is 8.43. The minimum absolute atomic E-state index is 0.245. The van der Waals surface area contributed by atoms with Crippen molar-refractivity contribution in [2.45, 2.75) is 37.7 Å². The van der Waals surface area contributed by atoms with E-state index in [0.717, 1.165) is 0 Å². The molecule has 16 heavy (non-hydrogen) atoms. The summed E-state index contributed by atoms with van der Waals surface area (Å²) in [5.41, 5.74) is 0. The quantitative estimate of drug-likeness (QED) is 0.728. The summed E-state index contributed by atoms with van der Waals surface area (Å²) in [5, 5.41) is 10.7. The lowest BCUT2D eigenvalue weighted by Crippen LogP contribution is -2.50. The van der Waals surface area contributed by atoms with Crippen LogP contribution in [0.3, 0.4) is 0 Å². The predicted molar refractivity (Wildman–Crippen MR) is 47.3 cm³/mol. The number of aliphatic hydroxyl groups excluding tert-OH is 1. The molecule has 0 radical (unpaired) electrons. The van der Waals surface area contributed by atoms with Gasteiger partial charge in [-0.05, 0) is 12.8 Å². The lowest BCUT2D eigenvalue weighted by atomic mass is 10.0. The van der Waals surface area contributed by atoms with Crippen molar-refractivity contribution in [3.05, 3.63) is 0 Å². The smallest absolute Gasteiger partial charge is 0.383 e. The van der Waals surface area contributed by atoms with Gasteiger partial charge < -0.3 is 10.4 Å². The third-order valence-electron chi connectivity index (χ3n) is 2.79. The molecule has 0 aromatic rings. The van der Waals surface area contributed by atoms with Gasteiger partial charge in [-0.1, -0.05) is 6.42 Å². The first kappa shape index (κ1) is 13.2.